The van der Waals surface area contributed by atoms with E-state index in [0.29, 0.717) is 63.4 Å². The summed E-state index contributed by atoms with van der Waals surface area (Å²) in [5, 5.41) is 8.66. The van der Waals surface area contributed by atoms with Crippen LogP contribution in [0.4, 0.5) is 0 Å². The molecule has 0 aromatic heterocycles. The van der Waals surface area contributed by atoms with E-state index in [4.69, 9.17) is 28.9 Å². The Morgan fingerprint density at radius 3 is 2.32 bits per heavy atom. The van der Waals surface area contributed by atoms with Gasteiger partial charge in [0, 0.05) is 38.4 Å². The quantitative estimate of drug-likeness (QED) is 0.0699. The average molecular weight is 574 g/mol. The third-order valence-electron chi connectivity index (χ3n) is 8.28. The van der Waals surface area contributed by atoms with E-state index in [2.05, 4.69) is 24.8 Å². The predicted molar refractivity (Wildman–Crippen MR) is 155 cm³/mol. The average Bonchev–Trinajstić information content (AvgIpc) is 3.34. The van der Waals surface area contributed by atoms with Crippen LogP contribution in [-0.2, 0) is 33.3 Å². The fourth-order valence-electron chi connectivity index (χ4n) is 5.97. The van der Waals surface area contributed by atoms with Crippen LogP contribution in [0.1, 0.15) is 116 Å². The van der Waals surface area contributed by atoms with E-state index in [1.165, 1.54) is 6.08 Å². The van der Waals surface area contributed by atoms with E-state index in [0.717, 1.165) is 77.0 Å². The number of Topliss-reactive ketones (excluding diaryl/α,β-unsaturated/α-hetero) is 1. The molecule has 1 saturated carbocycles. The van der Waals surface area contributed by atoms with Crippen LogP contribution in [0.3, 0.4) is 0 Å². The summed E-state index contributed by atoms with van der Waals surface area (Å²) in [4.78, 5) is 26.1. The second-order valence-corrected chi connectivity index (χ2v) is 11.5. The van der Waals surface area contributed by atoms with Crippen molar-refractivity contribution in [2.45, 2.75) is 134 Å². The third kappa shape index (κ3) is 11.6. The summed E-state index contributed by atoms with van der Waals surface area (Å²) in [5.41, 5.74) is 0. The summed E-state index contributed by atoms with van der Waals surface area (Å²) in [6, 6.07) is 2.19. The Balaban J connectivity index is 1.55. The number of hydrogen-bond donors (Lipinski definition) is 0. The number of carbonyl (C=O) groups is 2. The number of nitriles is 1. The van der Waals surface area contributed by atoms with Gasteiger partial charge in [0.1, 0.15) is 12.4 Å². The van der Waals surface area contributed by atoms with Gasteiger partial charge in [0.15, 0.2) is 12.6 Å². The van der Waals surface area contributed by atoms with Crippen molar-refractivity contribution in [3.05, 3.63) is 24.8 Å². The van der Waals surface area contributed by atoms with Crippen LogP contribution in [0.25, 0.3) is 0 Å². The molecule has 0 aromatic rings. The first kappa shape index (κ1) is 33.5. The lowest BCUT2D eigenvalue weighted by atomic mass is 9.89. The van der Waals surface area contributed by atoms with Crippen LogP contribution in [0.5, 0.6) is 0 Å². The van der Waals surface area contributed by atoms with Crippen molar-refractivity contribution in [1.29, 1.82) is 5.26 Å². The van der Waals surface area contributed by atoms with Gasteiger partial charge in [0.05, 0.1) is 6.07 Å². The number of carbonyl (C=O) groups excluding carboxylic acids is 2. The van der Waals surface area contributed by atoms with Crippen LogP contribution in [0.15, 0.2) is 24.8 Å². The van der Waals surface area contributed by atoms with Crippen LogP contribution in [0.2, 0.25) is 0 Å². The van der Waals surface area contributed by atoms with Gasteiger partial charge < -0.3 is 23.7 Å². The first-order valence-electron chi connectivity index (χ1n) is 16.0. The van der Waals surface area contributed by atoms with Gasteiger partial charge in [-0.25, -0.2) is 4.79 Å². The summed E-state index contributed by atoms with van der Waals surface area (Å²) < 4.78 is 29.8. The van der Waals surface area contributed by atoms with E-state index in [9.17, 15) is 9.59 Å². The minimum absolute atomic E-state index is 0.0723. The first-order chi connectivity index (χ1) is 20.1. The van der Waals surface area contributed by atoms with Crippen LogP contribution >= 0.6 is 0 Å². The number of unbranched alkanes of at least 4 members (excludes halogenated alkanes) is 6. The molecule has 8 nitrogen and oxygen atoms in total. The summed E-state index contributed by atoms with van der Waals surface area (Å²) in [5.74, 6) is -1.41. The molecule has 0 radical (unpaired) electrons. The Kier molecular flexibility index (Phi) is 15.7. The summed E-state index contributed by atoms with van der Waals surface area (Å²) in [6.45, 7) is 4.93. The fraction of sp³-hybridized carbons (Fsp3) is 0.788. The van der Waals surface area contributed by atoms with Crippen molar-refractivity contribution in [3.63, 3.8) is 0 Å². The normalized spacial score (nSPS) is 26.5. The molecule has 8 heteroatoms. The Labute approximate surface area is 246 Å². The maximum absolute atomic E-state index is 13.4. The second-order valence-electron chi connectivity index (χ2n) is 11.5. The van der Waals surface area contributed by atoms with Crippen molar-refractivity contribution in [2.75, 3.05) is 19.8 Å². The standard InChI is InChI=1S/C33H51NO7/c1-2-24-39-32(36)33(40-30-18-10-14-25-37-30,41-31-19-11-15-26-38-31)22-12-7-9-17-28-27(20-21-29(28)35)16-8-5-3-4-6-13-23-34/h2,8,16,27-28,30-31H,1,3-7,9-15,17-22,24-26H2/t27-,28+,30?,31?,33?/m0/s1. The number of ketones is 1. The largest absolute Gasteiger partial charge is 0.457 e. The molecule has 2 heterocycles. The number of esters is 1. The molecular weight excluding hydrogens is 522 g/mol. The molecule has 0 N–H and O–H groups in total. The highest BCUT2D eigenvalue weighted by atomic mass is 16.8. The highest BCUT2D eigenvalue weighted by Gasteiger charge is 2.47. The number of nitrogens with zero attached hydrogens (tertiary/aromatic N) is 1. The van der Waals surface area contributed by atoms with Crippen molar-refractivity contribution >= 4 is 11.8 Å². The lowest BCUT2D eigenvalue weighted by Crippen LogP contribution is -2.51. The van der Waals surface area contributed by atoms with E-state index < -0.39 is 24.3 Å². The molecule has 1 aliphatic carbocycles. The van der Waals surface area contributed by atoms with E-state index in [1.807, 2.05) is 0 Å². The van der Waals surface area contributed by atoms with Gasteiger partial charge in [-0.2, -0.15) is 5.26 Å². The molecule has 2 unspecified atom stereocenters. The van der Waals surface area contributed by atoms with E-state index in [-0.39, 0.29) is 12.5 Å². The number of allylic oxidation sites excluding steroid dienone is 2. The van der Waals surface area contributed by atoms with Crippen LogP contribution in [-0.4, -0.2) is 49.9 Å². The molecule has 230 valence electrons. The summed E-state index contributed by atoms with van der Waals surface area (Å²) >= 11 is 0. The molecular formula is C33H51NO7. The minimum atomic E-state index is -1.60. The zero-order chi connectivity index (χ0) is 29.2. The Morgan fingerprint density at radius 2 is 1.68 bits per heavy atom. The lowest BCUT2D eigenvalue weighted by molar-refractivity contribution is -0.353. The Bertz CT molecular complexity index is 834. The smallest absolute Gasteiger partial charge is 0.367 e. The molecule has 3 fully saturated rings. The monoisotopic (exact) mass is 573 g/mol. The predicted octanol–water partition coefficient (Wildman–Crippen LogP) is 7.07. The second kappa shape index (κ2) is 19.2. The summed E-state index contributed by atoms with van der Waals surface area (Å²) in [6.07, 6.45) is 20.2. The summed E-state index contributed by atoms with van der Waals surface area (Å²) in [7, 11) is 0. The molecule has 41 heavy (non-hydrogen) atoms. The van der Waals surface area contributed by atoms with Crippen molar-refractivity contribution < 1.29 is 33.3 Å². The molecule has 3 rings (SSSR count). The maximum Gasteiger partial charge on any atom is 0.367 e. The zero-order valence-electron chi connectivity index (χ0n) is 24.9. The molecule has 0 bridgehead atoms. The van der Waals surface area contributed by atoms with Gasteiger partial charge in [0.25, 0.3) is 5.79 Å². The van der Waals surface area contributed by atoms with E-state index >= 15 is 0 Å². The third-order valence-corrected chi connectivity index (χ3v) is 8.28. The lowest BCUT2D eigenvalue weighted by Gasteiger charge is -2.38. The minimum Gasteiger partial charge on any atom is -0.457 e. The van der Waals surface area contributed by atoms with Gasteiger partial charge in [-0.15, -0.1) is 0 Å². The van der Waals surface area contributed by atoms with Gasteiger partial charge in [-0.3, -0.25) is 4.79 Å². The highest BCUT2D eigenvalue weighted by Crippen LogP contribution is 2.35. The molecule has 4 atom stereocenters. The van der Waals surface area contributed by atoms with Crippen molar-refractivity contribution in [3.8, 4) is 6.07 Å². The van der Waals surface area contributed by atoms with Gasteiger partial charge in [0.2, 0.25) is 0 Å². The van der Waals surface area contributed by atoms with Gasteiger partial charge in [-0.05, 0) is 83.0 Å². The number of hydrogen-bond acceptors (Lipinski definition) is 8. The maximum atomic E-state index is 13.4. The van der Waals surface area contributed by atoms with Gasteiger partial charge >= 0.3 is 5.97 Å². The number of rotatable bonds is 19. The zero-order valence-corrected chi connectivity index (χ0v) is 24.9. The topological polar surface area (TPSA) is 104 Å². The van der Waals surface area contributed by atoms with E-state index in [1.54, 1.807) is 0 Å². The first-order valence-corrected chi connectivity index (χ1v) is 16.0. The Morgan fingerprint density at radius 1 is 0.976 bits per heavy atom. The molecule has 3 aliphatic rings. The van der Waals surface area contributed by atoms with Crippen molar-refractivity contribution in [2.24, 2.45) is 11.8 Å². The SMILES string of the molecule is C=CCOC(=O)C(CCCCC[C@H]1C(=O)CC[C@@H]1C=CCCCCCC#N)(OC1CCCCO1)OC1CCCCO1. The molecule has 2 saturated heterocycles. The molecule has 0 amide bonds. The van der Waals surface area contributed by atoms with Crippen molar-refractivity contribution in [1.82, 2.24) is 0 Å². The number of ether oxygens (including phenoxy) is 5. The van der Waals surface area contributed by atoms with Crippen LogP contribution < -0.4 is 0 Å². The molecule has 2 aliphatic heterocycles. The van der Waals surface area contributed by atoms with Crippen LogP contribution in [0, 0.1) is 23.2 Å². The molecule has 0 spiro atoms. The van der Waals surface area contributed by atoms with Gasteiger partial charge in [-0.1, -0.05) is 44.1 Å². The fourth-order valence-corrected chi connectivity index (χ4v) is 5.97. The Hall–Kier alpha value is -2.05. The highest BCUT2D eigenvalue weighted by molar-refractivity contribution is 5.83. The molecule has 0 aromatic carbocycles.